The summed E-state index contributed by atoms with van der Waals surface area (Å²) in [7, 11) is 2.57. The van der Waals surface area contributed by atoms with Gasteiger partial charge in [-0.3, -0.25) is 9.88 Å². The number of aromatic nitrogens is 1. The molecule has 0 bridgehead atoms. The molecule has 0 spiro atoms. The van der Waals surface area contributed by atoms with Gasteiger partial charge in [-0.25, -0.2) is 9.59 Å². The molecule has 2 aliphatic heterocycles. The summed E-state index contributed by atoms with van der Waals surface area (Å²) >= 11 is 7.03. The van der Waals surface area contributed by atoms with Crippen molar-refractivity contribution in [3.63, 3.8) is 0 Å². The first kappa shape index (κ1) is 44.7. The third-order valence-corrected chi connectivity index (χ3v) is 12.5. The molecule has 3 aliphatic rings. The molecule has 320 valence electrons. The molecule has 1 atom stereocenters. The van der Waals surface area contributed by atoms with Gasteiger partial charge in [-0.1, -0.05) is 67.9 Å². The lowest BCUT2D eigenvalue weighted by Gasteiger charge is -2.47. The Kier molecular flexibility index (Phi) is 14.4. The maximum atomic E-state index is 12.3. The number of nitrogens with zero attached hydrogens (tertiary/aromatic N) is 4. The van der Waals surface area contributed by atoms with Gasteiger partial charge >= 0.3 is 11.9 Å². The lowest BCUT2D eigenvalue weighted by molar-refractivity contribution is -0.167. The van der Waals surface area contributed by atoms with Crippen molar-refractivity contribution in [2.75, 3.05) is 60.2 Å². The van der Waals surface area contributed by atoms with Crippen molar-refractivity contribution >= 4 is 29.1 Å². The van der Waals surface area contributed by atoms with E-state index in [1.807, 2.05) is 30.3 Å². The lowest BCUT2D eigenvalue weighted by atomic mass is 9.65. The number of likely N-dealkylation sites (tertiary alicyclic amines) is 2. The molecule has 2 aromatic carbocycles. The van der Waals surface area contributed by atoms with E-state index < -0.39 is 34.2 Å². The summed E-state index contributed by atoms with van der Waals surface area (Å²) in [5.41, 5.74) is -0.413. The predicted molar refractivity (Wildman–Crippen MR) is 225 cm³/mol. The Morgan fingerprint density at radius 2 is 1.53 bits per heavy atom. The molecule has 0 radical (unpaired) electrons. The van der Waals surface area contributed by atoms with Gasteiger partial charge in [0.1, 0.15) is 36.4 Å². The molecule has 2 saturated heterocycles. The van der Waals surface area contributed by atoms with Crippen LogP contribution in [0.15, 0.2) is 79.2 Å². The second-order valence-corrected chi connectivity index (χ2v) is 16.8. The van der Waals surface area contributed by atoms with Crippen molar-refractivity contribution in [3.8, 4) is 17.6 Å². The number of carbonyl (C=O) groups excluding carboxylic acids is 2. The quantitative estimate of drug-likeness (QED) is 0.130. The summed E-state index contributed by atoms with van der Waals surface area (Å²) in [5.74, 6) is -0.308. The Morgan fingerprint density at radius 1 is 0.883 bits per heavy atom. The number of benzene rings is 2. The van der Waals surface area contributed by atoms with Crippen LogP contribution in [-0.2, 0) is 37.0 Å². The third-order valence-electron chi connectivity index (χ3n) is 12.2. The van der Waals surface area contributed by atoms with E-state index in [2.05, 4.69) is 59.0 Å². The zero-order valence-corrected chi connectivity index (χ0v) is 35.6. The molecular weight excluding hydrogens is 788 g/mol. The maximum absolute atomic E-state index is 12.3. The number of piperidine rings is 2. The molecule has 6 rings (SSSR count). The van der Waals surface area contributed by atoms with Gasteiger partial charge in [-0.2, -0.15) is 5.26 Å². The number of allylic oxidation sites excluding steroid dienone is 2. The minimum atomic E-state index is -1.53. The summed E-state index contributed by atoms with van der Waals surface area (Å²) in [6.45, 7) is 8.14. The van der Waals surface area contributed by atoms with E-state index in [0.29, 0.717) is 86.2 Å². The van der Waals surface area contributed by atoms with Gasteiger partial charge in [-0.15, -0.1) is 0 Å². The van der Waals surface area contributed by atoms with E-state index in [-0.39, 0.29) is 26.1 Å². The van der Waals surface area contributed by atoms with Gasteiger partial charge < -0.3 is 38.8 Å². The molecular formula is C46H55ClN4O9. The van der Waals surface area contributed by atoms with Crippen molar-refractivity contribution in [1.29, 1.82) is 5.26 Å². The number of halogens is 1. The van der Waals surface area contributed by atoms with Gasteiger partial charge in [0.05, 0.1) is 24.8 Å². The number of pyridine rings is 1. The fraction of sp³-hybridized carbons (Fsp3) is 0.478. The number of aliphatic hydroxyl groups is 2. The Balaban J connectivity index is 1.22. The fourth-order valence-corrected chi connectivity index (χ4v) is 8.48. The van der Waals surface area contributed by atoms with Crippen LogP contribution in [0.25, 0.3) is 5.57 Å². The number of hydrogen-bond acceptors (Lipinski definition) is 13. The summed E-state index contributed by atoms with van der Waals surface area (Å²) in [4.78, 5) is 32.9. The average molecular weight is 843 g/mol. The highest BCUT2D eigenvalue weighted by Crippen LogP contribution is 2.49. The number of esters is 2. The normalized spacial score (nSPS) is 21.0. The average Bonchev–Trinajstić information content (AvgIpc) is 3.26. The highest BCUT2D eigenvalue weighted by atomic mass is 35.5. The van der Waals surface area contributed by atoms with Crippen LogP contribution in [-0.4, -0.2) is 114 Å². The van der Waals surface area contributed by atoms with E-state index in [1.165, 1.54) is 20.4 Å². The van der Waals surface area contributed by atoms with Gasteiger partial charge in [0.2, 0.25) is 0 Å². The van der Waals surface area contributed by atoms with Gasteiger partial charge in [0.25, 0.3) is 0 Å². The summed E-state index contributed by atoms with van der Waals surface area (Å²) in [6, 6.07) is 17.6. The highest BCUT2D eigenvalue weighted by Gasteiger charge is 2.49. The SMILES string of the molecule is COC(=O)C1(O)CCN(CCCOC2(COc3cc(OCc4cncc(C#N)c4)c(CN4CCC(O)(C(=O)OC)CC4)cc3Cl)C=CC=C(c3ccccc3)C2(C)C)CC1. The molecule has 0 amide bonds. The van der Waals surface area contributed by atoms with Crippen LogP contribution in [0.5, 0.6) is 11.5 Å². The molecule has 14 heteroatoms. The van der Waals surface area contributed by atoms with Crippen LogP contribution in [0, 0.1) is 16.7 Å². The topological polar surface area (TPSA) is 164 Å². The number of hydrogen-bond donors (Lipinski definition) is 2. The van der Waals surface area contributed by atoms with Crippen molar-refractivity contribution in [3.05, 3.63) is 106 Å². The number of rotatable bonds is 16. The summed E-state index contributed by atoms with van der Waals surface area (Å²) in [5, 5.41) is 31.4. The van der Waals surface area contributed by atoms with Gasteiger partial charge in [-0.05, 0) is 61.4 Å². The molecule has 1 unspecified atom stereocenters. The number of carbonyl (C=O) groups is 2. The van der Waals surface area contributed by atoms with E-state index in [1.54, 1.807) is 18.3 Å². The lowest BCUT2D eigenvalue weighted by Crippen LogP contribution is -2.52. The van der Waals surface area contributed by atoms with Crippen molar-refractivity contribution in [1.82, 2.24) is 14.8 Å². The Labute approximate surface area is 357 Å². The maximum Gasteiger partial charge on any atom is 0.337 e. The minimum Gasteiger partial charge on any atom is -0.488 e. The molecule has 2 N–H and O–H groups in total. The van der Waals surface area contributed by atoms with Crippen molar-refractivity contribution < 1.29 is 43.5 Å². The minimum absolute atomic E-state index is 0.113. The first-order valence-electron chi connectivity index (χ1n) is 20.3. The van der Waals surface area contributed by atoms with Crippen molar-refractivity contribution in [2.24, 2.45) is 5.41 Å². The van der Waals surface area contributed by atoms with Gasteiger partial charge in [0.15, 0.2) is 11.2 Å². The largest absolute Gasteiger partial charge is 0.488 e. The van der Waals surface area contributed by atoms with Crippen molar-refractivity contribution in [2.45, 2.75) is 75.9 Å². The van der Waals surface area contributed by atoms with E-state index >= 15 is 0 Å². The smallest absolute Gasteiger partial charge is 0.337 e. The van der Waals surface area contributed by atoms with Crippen LogP contribution < -0.4 is 9.47 Å². The molecule has 0 saturated carbocycles. The van der Waals surface area contributed by atoms with Gasteiger partial charge in [0, 0.05) is 80.9 Å². The second kappa shape index (κ2) is 19.3. The monoisotopic (exact) mass is 842 g/mol. The van der Waals surface area contributed by atoms with E-state index in [4.69, 9.17) is 35.3 Å². The Morgan fingerprint density at radius 3 is 2.17 bits per heavy atom. The zero-order chi connectivity index (χ0) is 43.0. The molecule has 1 aromatic heterocycles. The number of ether oxygens (including phenoxy) is 5. The molecule has 2 fully saturated rings. The molecule has 1 aliphatic carbocycles. The summed E-state index contributed by atoms with van der Waals surface area (Å²) < 4.78 is 29.7. The van der Waals surface area contributed by atoms with Crippen LogP contribution in [0.4, 0.5) is 0 Å². The Bertz CT molecular complexity index is 2090. The molecule has 60 heavy (non-hydrogen) atoms. The molecule has 3 aromatic rings. The Hall–Kier alpha value is -4.81. The standard InChI is InChI=1S/C46H55ClN4O9/c1-43(2)37(35-10-6-5-7-11-35)12-8-13-46(43,60-23-9-18-50-19-14-44(54,15-20-50)41(52)56-3)32-59-40-26-39(58-31-34-24-33(27-48)28-49-29-34)36(25-38(40)47)30-51-21-16-45(55,17-22-51)42(53)57-4/h5-8,10-13,24-26,28-29,54-55H,9,14-23,30-32H2,1-4H3. The van der Waals surface area contributed by atoms with Crippen LogP contribution in [0.2, 0.25) is 5.02 Å². The van der Waals surface area contributed by atoms with E-state index in [9.17, 15) is 25.1 Å². The zero-order valence-electron chi connectivity index (χ0n) is 34.8. The molecule has 13 nitrogen and oxygen atoms in total. The third kappa shape index (κ3) is 10.0. The molecule has 3 heterocycles. The van der Waals surface area contributed by atoms with Crippen LogP contribution in [0.1, 0.15) is 68.2 Å². The number of methoxy groups -OCH3 is 2. The number of nitriles is 1. The summed E-state index contributed by atoms with van der Waals surface area (Å²) in [6.07, 6.45) is 11.1. The highest BCUT2D eigenvalue weighted by molar-refractivity contribution is 6.32. The first-order chi connectivity index (χ1) is 28.7. The predicted octanol–water partition coefficient (Wildman–Crippen LogP) is 5.89. The van der Waals surface area contributed by atoms with Crippen LogP contribution >= 0.6 is 11.6 Å². The fourth-order valence-electron chi connectivity index (χ4n) is 8.24. The van der Waals surface area contributed by atoms with E-state index in [0.717, 1.165) is 23.2 Å². The second-order valence-electron chi connectivity index (χ2n) is 16.3. The first-order valence-corrected chi connectivity index (χ1v) is 20.7. The van der Waals surface area contributed by atoms with Crippen LogP contribution in [0.3, 0.4) is 0 Å².